The molecule has 0 radical (unpaired) electrons. The molecular formula is C24H24N2O2S. The number of fused-ring (bicyclic) bond motifs is 1. The van der Waals surface area contributed by atoms with Gasteiger partial charge < -0.3 is 5.11 Å². The lowest BCUT2D eigenvalue weighted by molar-refractivity contribution is 0.0695. The summed E-state index contributed by atoms with van der Waals surface area (Å²) in [6, 6.07) is 19.1. The van der Waals surface area contributed by atoms with Gasteiger partial charge in [0.15, 0.2) is 0 Å². The van der Waals surface area contributed by atoms with Gasteiger partial charge in [-0.1, -0.05) is 36.0 Å². The van der Waals surface area contributed by atoms with E-state index in [0.29, 0.717) is 12.0 Å². The number of rotatable bonds is 6. The number of hydrogen-bond donors (Lipinski definition) is 1. The van der Waals surface area contributed by atoms with Gasteiger partial charge in [0, 0.05) is 34.8 Å². The van der Waals surface area contributed by atoms with Crippen LogP contribution in [0.4, 0.5) is 0 Å². The summed E-state index contributed by atoms with van der Waals surface area (Å²) < 4.78 is 0. The fourth-order valence-electron chi connectivity index (χ4n) is 4.01. The van der Waals surface area contributed by atoms with Crippen LogP contribution in [0.2, 0.25) is 0 Å². The lowest BCUT2D eigenvalue weighted by atomic mass is 9.89. The second-order valence-electron chi connectivity index (χ2n) is 7.40. The molecule has 1 aliphatic heterocycles. The van der Waals surface area contributed by atoms with Gasteiger partial charge in [-0.05, 0) is 73.3 Å². The van der Waals surface area contributed by atoms with Crippen LogP contribution in [-0.2, 0) is 12.8 Å². The number of aryl methyl sites for hydroxylation is 1. The molecule has 0 saturated carbocycles. The number of nitrogens with zero attached hydrogens (tertiary/aromatic N) is 2. The van der Waals surface area contributed by atoms with Crippen LogP contribution in [0.1, 0.15) is 39.5 Å². The molecule has 29 heavy (non-hydrogen) atoms. The standard InChI is InChI=1S/C24H24N2O2S/c1-26-14-12-17-15-20(29-19-5-3-2-4-6-19)8-9-21(17)23(26)10-7-18-16-25-13-11-22(18)24(27)28/h2-6,8-9,11,13,15-16,23H,7,10,12,14H2,1H3,(H,27,28)/t23-/m1/s1. The van der Waals surface area contributed by atoms with Gasteiger partial charge >= 0.3 is 5.97 Å². The first-order valence-corrected chi connectivity index (χ1v) is 10.7. The molecule has 1 N–H and O–H groups in total. The predicted molar refractivity (Wildman–Crippen MR) is 116 cm³/mol. The van der Waals surface area contributed by atoms with Crippen molar-refractivity contribution in [3.8, 4) is 0 Å². The molecule has 5 heteroatoms. The van der Waals surface area contributed by atoms with Crippen molar-refractivity contribution in [3.63, 3.8) is 0 Å². The molecule has 3 aromatic rings. The fraction of sp³-hybridized carbons (Fsp3) is 0.250. The Balaban J connectivity index is 1.53. The maximum Gasteiger partial charge on any atom is 0.336 e. The van der Waals surface area contributed by atoms with Crippen molar-refractivity contribution in [2.75, 3.05) is 13.6 Å². The highest BCUT2D eigenvalue weighted by atomic mass is 32.2. The van der Waals surface area contributed by atoms with Crippen molar-refractivity contribution < 1.29 is 9.90 Å². The number of likely N-dealkylation sites (N-methyl/N-ethyl adjacent to an activating group) is 1. The first kappa shape index (κ1) is 19.7. The van der Waals surface area contributed by atoms with Crippen molar-refractivity contribution in [2.45, 2.75) is 35.1 Å². The second kappa shape index (κ2) is 8.80. The number of aromatic nitrogens is 1. The average molecular weight is 405 g/mol. The van der Waals surface area contributed by atoms with Gasteiger partial charge in [-0.2, -0.15) is 0 Å². The number of aromatic carboxylic acids is 1. The zero-order valence-corrected chi connectivity index (χ0v) is 17.2. The van der Waals surface area contributed by atoms with Crippen molar-refractivity contribution in [1.82, 2.24) is 9.88 Å². The van der Waals surface area contributed by atoms with E-state index in [4.69, 9.17) is 0 Å². The van der Waals surface area contributed by atoms with E-state index in [1.54, 1.807) is 30.2 Å². The minimum absolute atomic E-state index is 0.288. The minimum Gasteiger partial charge on any atom is -0.478 e. The maximum absolute atomic E-state index is 11.5. The number of pyridine rings is 1. The number of carbonyl (C=O) groups is 1. The Bertz CT molecular complexity index is 1010. The van der Waals surface area contributed by atoms with Crippen LogP contribution in [0, 0.1) is 0 Å². The van der Waals surface area contributed by atoms with Crippen LogP contribution >= 0.6 is 11.8 Å². The van der Waals surface area contributed by atoms with Gasteiger partial charge in [0.1, 0.15) is 0 Å². The quantitative estimate of drug-likeness (QED) is 0.620. The van der Waals surface area contributed by atoms with Crippen LogP contribution < -0.4 is 0 Å². The highest BCUT2D eigenvalue weighted by Crippen LogP contribution is 2.36. The Morgan fingerprint density at radius 2 is 2.00 bits per heavy atom. The second-order valence-corrected chi connectivity index (χ2v) is 8.55. The van der Waals surface area contributed by atoms with Crippen LogP contribution in [0.3, 0.4) is 0 Å². The van der Waals surface area contributed by atoms with E-state index >= 15 is 0 Å². The summed E-state index contributed by atoms with van der Waals surface area (Å²) in [5.41, 5.74) is 3.92. The van der Waals surface area contributed by atoms with E-state index in [-0.39, 0.29) is 6.04 Å². The molecule has 0 unspecified atom stereocenters. The molecule has 0 aliphatic carbocycles. The summed E-state index contributed by atoms with van der Waals surface area (Å²) in [5.74, 6) is -0.887. The average Bonchev–Trinajstić information content (AvgIpc) is 2.74. The van der Waals surface area contributed by atoms with Crippen LogP contribution in [0.25, 0.3) is 0 Å². The third-order valence-corrected chi connectivity index (χ3v) is 6.54. The Labute approximate surface area is 175 Å². The first-order valence-electron chi connectivity index (χ1n) is 9.84. The third-order valence-electron chi connectivity index (χ3n) is 5.54. The highest BCUT2D eigenvalue weighted by molar-refractivity contribution is 7.99. The van der Waals surface area contributed by atoms with E-state index in [1.165, 1.54) is 20.9 Å². The number of benzene rings is 2. The Morgan fingerprint density at radius 3 is 2.79 bits per heavy atom. The van der Waals surface area contributed by atoms with Crippen LogP contribution in [-0.4, -0.2) is 34.6 Å². The molecule has 1 aromatic heterocycles. The van der Waals surface area contributed by atoms with Crippen molar-refractivity contribution in [3.05, 3.63) is 89.2 Å². The monoisotopic (exact) mass is 404 g/mol. The summed E-state index contributed by atoms with van der Waals surface area (Å²) >= 11 is 1.79. The van der Waals surface area contributed by atoms with Crippen LogP contribution in [0.15, 0.2) is 76.8 Å². The molecular weight excluding hydrogens is 380 g/mol. The van der Waals surface area contributed by atoms with E-state index in [1.807, 2.05) is 6.07 Å². The Hall–Kier alpha value is -2.63. The van der Waals surface area contributed by atoms with Crippen molar-refractivity contribution in [1.29, 1.82) is 0 Å². The normalized spacial score (nSPS) is 16.4. The Kier molecular flexibility index (Phi) is 5.97. The molecule has 0 fully saturated rings. The molecule has 4 nitrogen and oxygen atoms in total. The first-order chi connectivity index (χ1) is 14.1. The third kappa shape index (κ3) is 4.52. The van der Waals surface area contributed by atoms with E-state index < -0.39 is 5.97 Å². The van der Waals surface area contributed by atoms with Crippen LogP contribution in [0.5, 0.6) is 0 Å². The summed E-state index contributed by atoms with van der Waals surface area (Å²) in [7, 11) is 2.15. The topological polar surface area (TPSA) is 53.4 Å². The van der Waals surface area contributed by atoms with Crippen molar-refractivity contribution in [2.24, 2.45) is 0 Å². The smallest absolute Gasteiger partial charge is 0.336 e. The van der Waals surface area contributed by atoms with Gasteiger partial charge in [-0.15, -0.1) is 0 Å². The van der Waals surface area contributed by atoms with Gasteiger partial charge in [0.25, 0.3) is 0 Å². The van der Waals surface area contributed by atoms with Gasteiger partial charge in [-0.3, -0.25) is 9.88 Å². The predicted octanol–water partition coefficient (Wildman–Crippen LogP) is 5.09. The van der Waals surface area contributed by atoms with Gasteiger partial charge in [0.05, 0.1) is 5.56 Å². The SMILES string of the molecule is CN1CCc2cc(Sc3ccccc3)ccc2[C@H]1CCc1cnccc1C(=O)O. The molecule has 4 rings (SSSR count). The molecule has 1 aliphatic rings. The molecule has 2 aromatic carbocycles. The molecule has 0 saturated heterocycles. The summed E-state index contributed by atoms with van der Waals surface area (Å²) in [6.07, 6.45) is 5.84. The molecule has 0 spiro atoms. The summed E-state index contributed by atoms with van der Waals surface area (Å²) in [6.45, 7) is 1.01. The largest absolute Gasteiger partial charge is 0.478 e. The minimum atomic E-state index is -0.887. The zero-order chi connectivity index (χ0) is 20.2. The molecule has 1 atom stereocenters. The lowest BCUT2D eigenvalue weighted by Gasteiger charge is -2.35. The van der Waals surface area contributed by atoms with E-state index in [0.717, 1.165) is 24.9 Å². The van der Waals surface area contributed by atoms with Gasteiger partial charge in [0.2, 0.25) is 0 Å². The Morgan fingerprint density at radius 1 is 1.17 bits per heavy atom. The van der Waals surface area contributed by atoms with Crippen molar-refractivity contribution >= 4 is 17.7 Å². The number of hydrogen-bond acceptors (Lipinski definition) is 4. The summed E-state index contributed by atoms with van der Waals surface area (Å²) in [4.78, 5) is 20.5. The van der Waals surface area contributed by atoms with Gasteiger partial charge in [-0.25, -0.2) is 4.79 Å². The van der Waals surface area contributed by atoms with E-state index in [2.05, 4.69) is 59.4 Å². The molecule has 2 heterocycles. The highest BCUT2D eigenvalue weighted by Gasteiger charge is 2.25. The zero-order valence-electron chi connectivity index (χ0n) is 16.4. The lowest BCUT2D eigenvalue weighted by Crippen LogP contribution is -2.32. The summed E-state index contributed by atoms with van der Waals surface area (Å²) in [5, 5.41) is 9.42. The fourth-order valence-corrected chi connectivity index (χ4v) is 4.91. The molecule has 0 bridgehead atoms. The molecule has 0 amide bonds. The molecule has 148 valence electrons. The number of carboxylic acids is 1. The maximum atomic E-state index is 11.5. The van der Waals surface area contributed by atoms with E-state index in [9.17, 15) is 9.90 Å². The number of carboxylic acid groups (broad SMARTS) is 1.